The number of benzene rings is 2. The lowest BCUT2D eigenvalue weighted by Crippen LogP contribution is -2.15. The van der Waals surface area contributed by atoms with Gasteiger partial charge in [0.25, 0.3) is 0 Å². The van der Waals surface area contributed by atoms with Crippen molar-refractivity contribution in [2.45, 2.75) is 32.5 Å². The van der Waals surface area contributed by atoms with Gasteiger partial charge in [-0.3, -0.25) is 4.57 Å². The molecule has 2 rings (SSSR count). The van der Waals surface area contributed by atoms with E-state index >= 15 is 0 Å². The number of unbranched alkanes of at least 4 members (excludes halogenated alkanes) is 1. The summed E-state index contributed by atoms with van der Waals surface area (Å²) in [6, 6.07) is 17.3. The molecule has 0 fully saturated rings. The van der Waals surface area contributed by atoms with Crippen molar-refractivity contribution < 1.29 is 9.09 Å². The quantitative estimate of drug-likeness (QED) is 0.511. The van der Waals surface area contributed by atoms with Gasteiger partial charge in [0, 0.05) is 16.9 Å². The Morgan fingerprint density at radius 3 is 2.33 bits per heavy atom. The fourth-order valence-corrected chi connectivity index (χ4v) is 5.44. The van der Waals surface area contributed by atoms with Crippen LogP contribution in [0, 0.1) is 0 Å². The number of rotatable bonds is 9. The fourth-order valence-electron chi connectivity index (χ4n) is 2.61. The average molecular weight is 366 g/mol. The van der Waals surface area contributed by atoms with Gasteiger partial charge >= 0.3 is 0 Å². The van der Waals surface area contributed by atoms with Crippen molar-refractivity contribution in [3.8, 4) is 0 Å². The summed E-state index contributed by atoms with van der Waals surface area (Å²) in [6.45, 7) is 4.42. The van der Waals surface area contributed by atoms with Crippen molar-refractivity contribution in [3.63, 3.8) is 0 Å². The average Bonchev–Trinajstić information content (AvgIpc) is 2.60. The summed E-state index contributed by atoms with van der Waals surface area (Å²) in [6.07, 6.45) is 2.41. The standard InChI is InChI=1S/C19H25ClNO2P/c1-3-5-15-24(22,23-4-2)19(16-11-13-17(20)14-12-16)21-18-9-7-6-8-10-18/h6-14,19,21H,3-5,15H2,1-2H3. The predicted molar refractivity (Wildman–Crippen MR) is 103 cm³/mol. The van der Waals surface area contributed by atoms with Gasteiger partial charge in [0.05, 0.1) is 6.61 Å². The largest absolute Gasteiger partial charge is 0.370 e. The van der Waals surface area contributed by atoms with Gasteiger partial charge in [0.2, 0.25) is 7.37 Å². The molecule has 3 nitrogen and oxygen atoms in total. The second-order valence-electron chi connectivity index (χ2n) is 5.69. The Morgan fingerprint density at radius 1 is 1.08 bits per heavy atom. The molecule has 0 saturated heterocycles. The molecule has 2 aromatic rings. The molecule has 0 amide bonds. The molecule has 0 aliphatic heterocycles. The van der Waals surface area contributed by atoms with Crippen LogP contribution in [0.1, 0.15) is 38.0 Å². The minimum atomic E-state index is -2.90. The van der Waals surface area contributed by atoms with Crippen LogP contribution in [0.2, 0.25) is 5.02 Å². The summed E-state index contributed by atoms with van der Waals surface area (Å²) in [4.78, 5) is 0. The Bertz CT molecular complexity index is 661. The van der Waals surface area contributed by atoms with Gasteiger partial charge in [-0.05, 0) is 43.2 Å². The number of nitrogens with one attached hydrogen (secondary N) is 1. The van der Waals surface area contributed by atoms with Crippen molar-refractivity contribution in [1.29, 1.82) is 0 Å². The van der Waals surface area contributed by atoms with E-state index in [2.05, 4.69) is 12.2 Å². The van der Waals surface area contributed by atoms with E-state index in [1.54, 1.807) is 0 Å². The Hall–Kier alpha value is -1.28. The zero-order valence-corrected chi connectivity index (χ0v) is 15.9. The molecular formula is C19H25ClNO2P. The topological polar surface area (TPSA) is 38.3 Å². The van der Waals surface area contributed by atoms with Crippen molar-refractivity contribution in [2.24, 2.45) is 0 Å². The number of halogens is 1. The maximum Gasteiger partial charge on any atom is 0.229 e. The Kier molecular flexibility index (Phi) is 7.36. The predicted octanol–water partition coefficient (Wildman–Crippen LogP) is 6.57. The molecule has 0 aliphatic rings. The molecule has 0 aliphatic carbocycles. The van der Waals surface area contributed by atoms with E-state index in [9.17, 15) is 4.57 Å². The van der Waals surface area contributed by atoms with Crippen LogP contribution in [0.15, 0.2) is 54.6 Å². The summed E-state index contributed by atoms with van der Waals surface area (Å²) < 4.78 is 19.5. The van der Waals surface area contributed by atoms with Crippen LogP contribution in [0.5, 0.6) is 0 Å². The van der Waals surface area contributed by atoms with Gasteiger partial charge in [-0.15, -0.1) is 0 Å². The van der Waals surface area contributed by atoms with Crippen molar-refractivity contribution >= 4 is 24.7 Å². The van der Waals surface area contributed by atoms with Gasteiger partial charge in [-0.1, -0.05) is 55.3 Å². The third-order valence-electron chi connectivity index (χ3n) is 3.83. The van der Waals surface area contributed by atoms with Crippen LogP contribution in [0.25, 0.3) is 0 Å². The molecule has 0 spiro atoms. The third kappa shape index (κ3) is 5.11. The number of hydrogen-bond donors (Lipinski definition) is 1. The first-order valence-corrected chi connectivity index (χ1v) is 10.6. The number of para-hydroxylation sites is 1. The van der Waals surface area contributed by atoms with Gasteiger partial charge in [0.15, 0.2) is 0 Å². The molecule has 2 aromatic carbocycles. The maximum absolute atomic E-state index is 13.6. The molecule has 0 heterocycles. The highest BCUT2D eigenvalue weighted by atomic mass is 35.5. The highest BCUT2D eigenvalue weighted by Gasteiger charge is 2.34. The third-order valence-corrected chi connectivity index (χ3v) is 6.93. The van der Waals surface area contributed by atoms with Crippen LogP contribution in [0.4, 0.5) is 5.69 Å². The van der Waals surface area contributed by atoms with Gasteiger partial charge < -0.3 is 9.84 Å². The maximum atomic E-state index is 13.6. The van der Waals surface area contributed by atoms with Crippen LogP contribution < -0.4 is 5.32 Å². The summed E-state index contributed by atoms with van der Waals surface area (Å²) in [7, 11) is -2.90. The molecular weight excluding hydrogens is 341 g/mol. The molecule has 2 atom stereocenters. The lowest BCUT2D eigenvalue weighted by molar-refractivity contribution is 0.326. The number of hydrogen-bond acceptors (Lipinski definition) is 3. The van der Waals surface area contributed by atoms with Gasteiger partial charge in [0.1, 0.15) is 5.78 Å². The lowest BCUT2D eigenvalue weighted by Gasteiger charge is -2.29. The molecule has 24 heavy (non-hydrogen) atoms. The van der Waals surface area contributed by atoms with E-state index in [0.29, 0.717) is 17.8 Å². The van der Waals surface area contributed by atoms with E-state index < -0.39 is 7.37 Å². The summed E-state index contributed by atoms with van der Waals surface area (Å²) in [5, 5.41) is 4.08. The molecule has 0 bridgehead atoms. The van der Waals surface area contributed by atoms with E-state index in [1.165, 1.54) is 0 Å². The minimum Gasteiger partial charge on any atom is -0.370 e. The van der Waals surface area contributed by atoms with E-state index in [-0.39, 0.29) is 5.78 Å². The molecule has 5 heteroatoms. The normalized spacial score (nSPS) is 14.8. The first-order chi connectivity index (χ1) is 11.6. The Balaban J connectivity index is 2.39. The van der Waals surface area contributed by atoms with Crippen LogP contribution in [-0.2, 0) is 9.09 Å². The molecule has 130 valence electrons. The molecule has 0 radical (unpaired) electrons. The van der Waals surface area contributed by atoms with E-state index in [4.69, 9.17) is 16.1 Å². The summed E-state index contributed by atoms with van der Waals surface area (Å²) in [5.74, 6) is -0.385. The monoisotopic (exact) mass is 365 g/mol. The molecule has 0 saturated carbocycles. The molecule has 0 aromatic heterocycles. The lowest BCUT2D eigenvalue weighted by atomic mass is 10.2. The van der Waals surface area contributed by atoms with Crippen LogP contribution in [-0.4, -0.2) is 12.8 Å². The number of anilines is 1. The van der Waals surface area contributed by atoms with Crippen molar-refractivity contribution in [1.82, 2.24) is 0 Å². The first kappa shape index (κ1) is 19.1. The zero-order valence-electron chi connectivity index (χ0n) is 14.2. The smallest absolute Gasteiger partial charge is 0.229 e. The van der Waals surface area contributed by atoms with Crippen molar-refractivity contribution in [3.05, 3.63) is 65.2 Å². The SMILES string of the molecule is CCCCP(=O)(OCC)C(Nc1ccccc1)c1ccc(Cl)cc1. The molecule has 1 N–H and O–H groups in total. The molecule has 2 unspecified atom stereocenters. The second kappa shape index (κ2) is 9.27. The van der Waals surface area contributed by atoms with Crippen molar-refractivity contribution in [2.75, 3.05) is 18.1 Å². The highest BCUT2D eigenvalue weighted by molar-refractivity contribution is 7.59. The Morgan fingerprint density at radius 2 is 1.75 bits per heavy atom. The Labute approximate surface area is 149 Å². The summed E-state index contributed by atoms with van der Waals surface area (Å²) >= 11 is 6.01. The highest BCUT2D eigenvalue weighted by Crippen LogP contribution is 2.60. The van der Waals surface area contributed by atoms with Crippen LogP contribution >= 0.6 is 19.0 Å². The zero-order chi connectivity index (χ0) is 17.4. The first-order valence-electron chi connectivity index (χ1n) is 8.39. The summed E-state index contributed by atoms with van der Waals surface area (Å²) in [5.41, 5.74) is 1.85. The van der Waals surface area contributed by atoms with E-state index in [0.717, 1.165) is 24.1 Å². The van der Waals surface area contributed by atoms with E-state index in [1.807, 2.05) is 61.5 Å². The van der Waals surface area contributed by atoms with Crippen LogP contribution in [0.3, 0.4) is 0 Å². The minimum absolute atomic E-state index is 0.385. The van der Waals surface area contributed by atoms with Gasteiger partial charge in [-0.2, -0.15) is 0 Å². The fraction of sp³-hybridized carbons (Fsp3) is 0.368. The van der Waals surface area contributed by atoms with Gasteiger partial charge in [-0.25, -0.2) is 0 Å². The second-order valence-corrected chi connectivity index (χ2v) is 8.80.